The SMILES string of the molecule is [SiH3]C1(Cc2cc[c]cc2)CCCCO1. The molecular formula is C12H17OSi. The zero-order chi connectivity index (χ0) is 9.86. The van der Waals surface area contributed by atoms with E-state index < -0.39 is 0 Å². The highest BCUT2D eigenvalue weighted by Gasteiger charge is 2.27. The molecule has 1 aliphatic rings. The molecule has 0 aromatic heterocycles. The molecule has 1 atom stereocenters. The van der Waals surface area contributed by atoms with Gasteiger partial charge >= 0.3 is 0 Å². The molecule has 75 valence electrons. The first kappa shape index (κ1) is 9.93. The molecule has 1 aromatic carbocycles. The Bertz CT molecular complexity index is 278. The van der Waals surface area contributed by atoms with Crippen molar-refractivity contribution in [2.24, 2.45) is 0 Å². The normalized spacial score (nSPS) is 27.7. The average Bonchev–Trinajstić information content (AvgIpc) is 2.19. The molecule has 1 saturated heterocycles. The minimum absolute atomic E-state index is 0.208. The second kappa shape index (κ2) is 4.28. The molecule has 1 heterocycles. The van der Waals surface area contributed by atoms with Gasteiger partial charge in [0.2, 0.25) is 0 Å². The molecule has 14 heavy (non-hydrogen) atoms. The van der Waals surface area contributed by atoms with Gasteiger partial charge in [0, 0.05) is 16.8 Å². The average molecular weight is 205 g/mol. The summed E-state index contributed by atoms with van der Waals surface area (Å²) in [6, 6.07) is 11.3. The number of hydrogen-bond donors (Lipinski definition) is 0. The molecule has 1 fully saturated rings. The standard InChI is InChI=1S/C12H17OSi/c14-12(8-4-5-9-13-12)10-11-6-2-1-3-7-11/h2-3,6-7H,4-5,8-10H2,14H3. The van der Waals surface area contributed by atoms with Crippen LogP contribution in [0.2, 0.25) is 0 Å². The summed E-state index contributed by atoms with van der Waals surface area (Å²) >= 11 is 0. The van der Waals surface area contributed by atoms with Crippen molar-refractivity contribution in [3.8, 4) is 0 Å². The van der Waals surface area contributed by atoms with Crippen molar-refractivity contribution in [1.82, 2.24) is 0 Å². The van der Waals surface area contributed by atoms with Crippen LogP contribution in [0, 0.1) is 6.07 Å². The fraction of sp³-hybridized carbons (Fsp3) is 0.500. The lowest BCUT2D eigenvalue weighted by Gasteiger charge is -2.34. The summed E-state index contributed by atoms with van der Waals surface area (Å²) in [6.07, 6.45) is 4.92. The summed E-state index contributed by atoms with van der Waals surface area (Å²) in [5.41, 5.74) is 1.39. The van der Waals surface area contributed by atoms with Crippen LogP contribution in [0.4, 0.5) is 0 Å². The van der Waals surface area contributed by atoms with Crippen LogP contribution in [-0.2, 0) is 11.2 Å². The number of rotatable bonds is 2. The van der Waals surface area contributed by atoms with E-state index in [4.69, 9.17) is 4.74 Å². The van der Waals surface area contributed by atoms with Gasteiger partial charge in [0.15, 0.2) is 0 Å². The predicted octanol–water partition coefficient (Wildman–Crippen LogP) is 1.29. The first-order valence-electron chi connectivity index (χ1n) is 5.37. The summed E-state index contributed by atoms with van der Waals surface area (Å²) in [7, 11) is 1.13. The van der Waals surface area contributed by atoms with E-state index >= 15 is 0 Å². The molecule has 1 radical (unpaired) electrons. The molecule has 0 bridgehead atoms. The Balaban J connectivity index is 2.02. The van der Waals surface area contributed by atoms with Crippen molar-refractivity contribution in [1.29, 1.82) is 0 Å². The smallest absolute Gasteiger partial charge is 0.0525 e. The Hall–Kier alpha value is -0.603. The van der Waals surface area contributed by atoms with Crippen molar-refractivity contribution in [3.05, 3.63) is 35.9 Å². The van der Waals surface area contributed by atoms with Gasteiger partial charge in [-0.25, -0.2) is 0 Å². The van der Waals surface area contributed by atoms with Crippen molar-refractivity contribution in [3.63, 3.8) is 0 Å². The highest BCUT2D eigenvalue weighted by atomic mass is 28.1. The summed E-state index contributed by atoms with van der Waals surface area (Å²) in [5, 5.41) is 0.208. The minimum Gasteiger partial charge on any atom is -0.379 e. The van der Waals surface area contributed by atoms with E-state index in [1.54, 1.807) is 0 Å². The molecule has 0 amide bonds. The van der Waals surface area contributed by atoms with Crippen molar-refractivity contribution >= 4 is 10.2 Å². The van der Waals surface area contributed by atoms with Gasteiger partial charge in [0.1, 0.15) is 0 Å². The number of benzene rings is 1. The number of hydrogen-bond acceptors (Lipinski definition) is 1. The summed E-state index contributed by atoms with van der Waals surface area (Å²) in [4.78, 5) is 0. The third-order valence-corrected chi connectivity index (χ3v) is 4.06. The van der Waals surface area contributed by atoms with Crippen molar-refractivity contribution in [2.45, 2.75) is 30.9 Å². The van der Waals surface area contributed by atoms with Gasteiger partial charge in [-0.15, -0.1) is 0 Å². The van der Waals surface area contributed by atoms with Gasteiger partial charge < -0.3 is 4.74 Å². The van der Waals surface area contributed by atoms with Gasteiger partial charge in [-0.1, -0.05) is 24.3 Å². The third kappa shape index (κ3) is 2.46. The second-order valence-electron chi connectivity index (χ2n) is 4.34. The van der Waals surface area contributed by atoms with Crippen LogP contribution in [0.1, 0.15) is 24.8 Å². The molecule has 1 nitrogen and oxygen atoms in total. The van der Waals surface area contributed by atoms with Crippen LogP contribution < -0.4 is 0 Å². The quantitative estimate of drug-likeness (QED) is 0.661. The third-order valence-electron chi connectivity index (χ3n) is 2.92. The molecule has 0 N–H and O–H groups in total. The van der Waals surface area contributed by atoms with Crippen LogP contribution >= 0.6 is 0 Å². The van der Waals surface area contributed by atoms with E-state index in [0.717, 1.165) is 23.3 Å². The lowest BCUT2D eigenvalue weighted by Crippen LogP contribution is -2.38. The predicted molar refractivity (Wildman–Crippen MR) is 61.5 cm³/mol. The van der Waals surface area contributed by atoms with E-state index in [1.807, 2.05) is 12.1 Å². The minimum atomic E-state index is 0.208. The van der Waals surface area contributed by atoms with E-state index in [-0.39, 0.29) is 5.22 Å². The lowest BCUT2D eigenvalue weighted by molar-refractivity contribution is -0.0168. The zero-order valence-corrected chi connectivity index (χ0v) is 10.8. The van der Waals surface area contributed by atoms with Crippen molar-refractivity contribution < 1.29 is 4.74 Å². The van der Waals surface area contributed by atoms with Gasteiger partial charge in [-0.2, -0.15) is 0 Å². The molecule has 0 spiro atoms. The van der Waals surface area contributed by atoms with Crippen LogP contribution in [0.3, 0.4) is 0 Å². The highest BCUT2D eigenvalue weighted by Crippen LogP contribution is 2.25. The molecule has 1 aliphatic heterocycles. The van der Waals surface area contributed by atoms with E-state index in [2.05, 4.69) is 18.2 Å². The topological polar surface area (TPSA) is 9.23 Å². The number of ether oxygens (including phenoxy) is 1. The fourth-order valence-corrected chi connectivity index (χ4v) is 3.07. The first-order chi connectivity index (χ1) is 6.79. The lowest BCUT2D eigenvalue weighted by atomic mass is 10.0. The molecule has 1 aromatic rings. The van der Waals surface area contributed by atoms with Crippen LogP contribution in [-0.4, -0.2) is 22.1 Å². The summed E-state index contributed by atoms with van der Waals surface area (Å²) in [5.74, 6) is 0. The Morgan fingerprint density at radius 3 is 2.79 bits per heavy atom. The summed E-state index contributed by atoms with van der Waals surface area (Å²) < 4.78 is 5.92. The summed E-state index contributed by atoms with van der Waals surface area (Å²) in [6.45, 7) is 0.961. The van der Waals surface area contributed by atoms with Gasteiger partial charge in [0.25, 0.3) is 0 Å². The Morgan fingerprint density at radius 1 is 1.36 bits per heavy atom. The van der Waals surface area contributed by atoms with Gasteiger partial charge in [0.05, 0.1) is 5.22 Å². The first-order valence-corrected chi connectivity index (χ1v) is 6.37. The van der Waals surface area contributed by atoms with Gasteiger partial charge in [-0.3, -0.25) is 0 Å². The molecule has 2 rings (SSSR count). The monoisotopic (exact) mass is 205 g/mol. The Morgan fingerprint density at radius 2 is 2.14 bits per heavy atom. The highest BCUT2D eigenvalue weighted by molar-refractivity contribution is 6.14. The maximum Gasteiger partial charge on any atom is 0.0525 e. The van der Waals surface area contributed by atoms with E-state index in [0.29, 0.717) is 0 Å². The Kier molecular flexibility index (Phi) is 3.04. The second-order valence-corrected chi connectivity index (χ2v) is 6.16. The molecule has 2 heteroatoms. The molecule has 0 saturated carbocycles. The molecule has 0 aliphatic carbocycles. The zero-order valence-electron chi connectivity index (χ0n) is 8.75. The largest absolute Gasteiger partial charge is 0.379 e. The van der Waals surface area contributed by atoms with Crippen LogP contribution in [0.25, 0.3) is 0 Å². The molecular weight excluding hydrogens is 188 g/mol. The van der Waals surface area contributed by atoms with Gasteiger partial charge in [-0.05, 0) is 37.3 Å². The maximum atomic E-state index is 5.92. The van der Waals surface area contributed by atoms with Crippen LogP contribution in [0.15, 0.2) is 24.3 Å². The Labute approximate surface area is 88.9 Å². The van der Waals surface area contributed by atoms with Crippen molar-refractivity contribution in [2.75, 3.05) is 6.61 Å². The van der Waals surface area contributed by atoms with E-state index in [9.17, 15) is 0 Å². The van der Waals surface area contributed by atoms with E-state index in [1.165, 1.54) is 24.8 Å². The van der Waals surface area contributed by atoms with Crippen LogP contribution in [0.5, 0.6) is 0 Å². The maximum absolute atomic E-state index is 5.92. The molecule has 1 unspecified atom stereocenters. The fourth-order valence-electron chi connectivity index (χ4n) is 2.10.